The Morgan fingerprint density at radius 3 is 2.29 bits per heavy atom. The summed E-state index contributed by atoms with van der Waals surface area (Å²) in [7, 11) is 0. The Balaban J connectivity index is 2.19. The Morgan fingerprint density at radius 1 is 1.05 bits per heavy atom. The molecule has 0 heterocycles. The largest absolute Gasteiger partial charge is 0.398 e. The van der Waals surface area contributed by atoms with E-state index in [-0.39, 0.29) is 11.9 Å². The summed E-state index contributed by atoms with van der Waals surface area (Å²) in [6.45, 7) is 4.30. The van der Waals surface area contributed by atoms with Crippen LogP contribution in [0.5, 0.6) is 0 Å². The SMILES string of the molecule is CC(C)CC(NC(=O)c1ccccc1N)c1ccccc1. The Hall–Kier alpha value is -2.29. The van der Waals surface area contributed by atoms with Crippen molar-refractivity contribution in [2.45, 2.75) is 26.3 Å². The number of para-hydroxylation sites is 1. The van der Waals surface area contributed by atoms with Crippen LogP contribution in [-0.2, 0) is 0 Å². The van der Waals surface area contributed by atoms with Gasteiger partial charge >= 0.3 is 0 Å². The molecule has 3 nitrogen and oxygen atoms in total. The summed E-state index contributed by atoms with van der Waals surface area (Å²) in [6.07, 6.45) is 0.891. The van der Waals surface area contributed by atoms with E-state index in [4.69, 9.17) is 5.73 Å². The second-order valence-electron chi connectivity index (χ2n) is 5.65. The Bertz CT molecular complexity index is 593. The fourth-order valence-electron chi connectivity index (χ4n) is 2.37. The molecule has 3 heteroatoms. The molecule has 2 aromatic rings. The summed E-state index contributed by atoms with van der Waals surface area (Å²) in [5.74, 6) is 0.367. The van der Waals surface area contributed by atoms with E-state index in [0.717, 1.165) is 12.0 Å². The van der Waals surface area contributed by atoms with Gasteiger partial charge in [-0.25, -0.2) is 0 Å². The second kappa shape index (κ2) is 6.93. The molecule has 0 spiro atoms. The van der Waals surface area contributed by atoms with Gasteiger partial charge in [-0.05, 0) is 30.0 Å². The molecule has 1 unspecified atom stereocenters. The molecule has 1 amide bonds. The second-order valence-corrected chi connectivity index (χ2v) is 5.65. The van der Waals surface area contributed by atoms with Crippen LogP contribution in [0.4, 0.5) is 5.69 Å². The summed E-state index contributed by atoms with van der Waals surface area (Å²) in [5, 5.41) is 3.10. The molecular weight excluding hydrogens is 260 g/mol. The Morgan fingerprint density at radius 2 is 1.67 bits per heavy atom. The molecule has 110 valence electrons. The number of rotatable bonds is 5. The minimum atomic E-state index is -0.123. The van der Waals surface area contributed by atoms with Crippen LogP contribution in [0.25, 0.3) is 0 Å². The van der Waals surface area contributed by atoms with Crippen LogP contribution in [-0.4, -0.2) is 5.91 Å². The molecule has 0 radical (unpaired) electrons. The van der Waals surface area contributed by atoms with Gasteiger partial charge in [-0.3, -0.25) is 4.79 Å². The lowest BCUT2D eigenvalue weighted by atomic mass is 9.96. The van der Waals surface area contributed by atoms with Crippen LogP contribution in [0.2, 0.25) is 0 Å². The molecule has 0 aliphatic rings. The molecule has 2 aromatic carbocycles. The maximum atomic E-state index is 12.4. The van der Waals surface area contributed by atoms with E-state index >= 15 is 0 Å². The van der Waals surface area contributed by atoms with E-state index in [1.54, 1.807) is 12.1 Å². The lowest BCUT2D eigenvalue weighted by Crippen LogP contribution is -2.30. The molecule has 0 aromatic heterocycles. The van der Waals surface area contributed by atoms with Gasteiger partial charge in [-0.1, -0.05) is 56.3 Å². The van der Waals surface area contributed by atoms with Crippen LogP contribution in [0.1, 0.15) is 42.2 Å². The average Bonchev–Trinajstić information content (AvgIpc) is 2.47. The number of nitrogen functional groups attached to an aromatic ring is 1. The van der Waals surface area contributed by atoms with Gasteiger partial charge in [0.25, 0.3) is 5.91 Å². The van der Waals surface area contributed by atoms with Crippen molar-refractivity contribution in [3.8, 4) is 0 Å². The van der Waals surface area contributed by atoms with Crippen LogP contribution in [0.3, 0.4) is 0 Å². The lowest BCUT2D eigenvalue weighted by Gasteiger charge is -2.21. The van der Waals surface area contributed by atoms with Crippen molar-refractivity contribution >= 4 is 11.6 Å². The highest BCUT2D eigenvalue weighted by atomic mass is 16.1. The first kappa shape index (κ1) is 15.1. The number of benzene rings is 2. The highest BCUT2D eigenvalue weighted by Gasteiger charge is 2.18. The third-order valence-corrected chi connectivity index (χ3v) is 3.42. The number of carbonyl (C=O) groups excluding carboxylic acids is 1. The topological polar surface area (TPSA) is 55.1 Å². The predicted octanol–water partition coefficient (Wildman–Crippen LogP) is 3.79. The maximum Gasteiger partial charge on any atom is 0.253 e. The molecule has 0 saturated carbocycles. The van der Waals surface area contributed by atoms with Crippen molar-refractivity contribution in [2.75, 3.05) is 5.73 Å². The quantitative estimate of drug-likeness (QED) is 0.820. The van der Waals surface area contributed by atoms with E-state index in [1.165, 1.54) is 0 Å². The van der Waals surface area contributed by atoms with Gasteiger partial charge < -0.3 is 11.1 Å². The molecule has 2 rings (SSSR count). The number of nitrogens with two attached hydrogens (primary N) is 1. The maximum absolute atomic E-state index is 12.4. The minimum absolute atomic E-state index is 0.00157. The molecule has 0 aliphatic carbocycles. The van der Waals surface area contributed by atoms with Crippen LogP contribution in [0.15, 0.2) is 54.6 Å². The molecule has 1 atom stereocenters. The third kappa shape index (κ3) is 4.09. The monoisotopic (exact) mass is 282 g/mol. The van der Waals surface area contributed by atoms with E-state index in [1.807, 2.05) is 42.5 Å². The average molecular weight is 282 g/mol. The van der Waals surface area contributed by atoms with Crippen molar-refractivity contribution in [3.05, 3.63) is 65.7 Å². The first-order valence-electron chi connectivity index (χ1n) is 7.28. The first-order valence-corrected chi connectivity index (χ1v) is 7.28. The lowest BCUT2D eigenvalue weighted by molar-refractivity contribution is 0.0933. The zero-order valence-electron chi connectivity index (χ0n) is 12.5. The standard InChI is InChI=1S/C18H22N2O/c1-13(2)12-17(14-8-4-3-5-9-14)20-18(21)15-10-6-7-11-16(15)19/h3-11,13,17H,12,19H2,1-2H3,(H,20,21). The van der Waals surface area contributed by atoms with E-state index in [2.05, 4.69) is 19.2 Å². The van der Waals surface area contributed by atoms with E-state index in [9.17, 15) is 4.79 Å². The van der Waals surface area contributed by atoms with Gasteiger partial charge in [0.1, 0.15) is 0 Å². The van der Waals surface area contributed by atoms with Gasteiger partial charge in [-0.15, -0.1) is 0 Å². The van der Waals surface area contributed by atoms with Crippen molar-refractivity contribution in [1.29, 1.82) is 0 Å². The summed E-state index contributed by atoms with van der Waals surface area (Å²) < 4.78 is 0. The zero-order valence-corrected chi connectivity index (χ0v) is 12.5. The predicted molar refractivity (Wildman–Crippen MR) is 87.0 cm³/mol. The van der Waals surface area contributed by atoms with Crippen molar-refractivity contribution < 1.29 is 4.79 Å². The van der Waals surface area contributed by atoms with Crippen LogP contribution < -0.4 is 11.1 Å². The first-order chi connectivity index (χ1) is 10.1. The Kier molecular flexibility index (Phi) is 4.99. The molecule has 21 heavy (non-hydrogen) atoms. The van der Waals surface area contributed by atoms with Gasteiger partial charge in [-0.2, -0.15) is 0 Å². The summed E-state index contributed by atoms with van der Waals surface area (Å²) >= 11 is 0. The number of nitrogens with one attached hydrogen (secondary N) is 1. The van der Waals surface area contributed by atoms with Crippen LogP contribution >= 0.6 is 0 Å². The summed E-state index contributed by atoms with van der Waals surface area (Å²) in [4.78, 5) is 12.4. The smallest absolute Gasteiger partial charge is 0.253 e. The fourth-order valence-corrected chi connectivity index (χ4v) is 2.37. The third-order valence-electron chi connectivity index (χ3n) is 3.42. The van der Waals surface area contributed by atoms with Crippen LogP contribution in [0, 0.1) is 5.92 Å². The Labute approximate surface area is 126 Å². The number of carbonyl (C=O) groups is 1. The van der Waals surface area contributed by atoms with Gasteiger partial charge in [0.05, 0.1) is 11.6 Å². The number of hydrogen-bond acceptors (Lipinski definition) is 2. The molecule has 3 N–H and O–H groups in total. The van der Waals surface area contributed by atoms with Gasteiger partial charge in [0, 0.05) is 5.69 Å². The van der Waals surface area contributed by atoms with Crippen molar-refractivity contribution in [1.82, 2.24) is 5.32 Å². The number of hydrogen-bond donors (Lipinski definition) is 2. The molecule has 0 fully saturated rings. The van der Waals surface area contributed by atoms with Gasteiger partial charge in [0.15, 0.2) is 0 Å². The number of anilines is 1. The normalized spacial score (nSPS) is 12.1. The van der Waals surface area contributed by atoms with Crippen molar-refractivity contribution in [2.24, 2.45) is 5.92 Å². The van der Waals surface area contributed by atoms with E-state index < -0.39 is 0 Å². The molecular formula is C18H22N2O. The molecule has 0 saturated heterocycles. The van der Waals surface area contributed by atoms with E-state index in [0.29, 0.717) is 17.2 Å². The zero-order chi connectivity index (χ0) is 15.2. The summed E-state index contributed by atoms with van der Waals surface area (Å²) in [5.41, 5.74) is 8.03. The molecule has 0 bridgehead atoms. The highest BCUT2D eigenvalue weighted by molar-refractivity contribution is 5.99. The van der Waals surface area contributed by atoms with Crippen molar-refractivity contribution in [3.63, 3.8) is 0 Å². The summed E-state index contributed by atoms with van der Waals surface area (Å²) in [6, 6.07) is 17.2. The van der Waals surface area contributed by atoms with Gasteiger partial charge in [0.2, 0.25) is 0 Å². The minimum Gasteiger partial charge on any atom is -0.398 e. The fraction of sp³-hybridized carbons (Fsp3) is 0.278. The highest BCUT2D eigenvalue weighted by Crippen LogP contribution is 2.22. The molecule has 0 aliphatic heterocycles. The number of amides is 1.